The van der Waals surface area contributed by atoms with Crippen molar-refractivity contribution in [1.82, 2.24) is 0 Å². The second kappa shape index (κ2) is 8.82. The van der Waals surface area contributed by atoms with Gasteiger partial charge in [0.2, 0.25) is 0 Å². The van der Waals surface area contributed by atoms with E-state index in [9.17, 15) is 4.79 Å². The fourth-order valence-corrected chi connectivity index (χ4v) is 6.91. The van der Waals surface area contributed by atoms with Crippen LogP contribution in [0, 0.1) is 5.41 Å². The van der Waals surface area contributed by atoms with Crippen LogP contribution in [-0.2, 0) is 32.1 Å². The van der Waals surface area contributed by atoms with E-state index in [-0.39, 0.29) is 11.4 Å². The molecule has 0 bridgehead atoms. The molecule has 0 saturated heterocycles. The number of benzene rings is 1. The summed E-state index contributed by atoms with van der Waals surface area (Å²) in [7, 11) is 0. The van der Waals surface area contributed by atoms with Crippen molar-refractivity contribution in [2.24, 2.45) is 5.41 Å². The number of esters is 1. The van der Waals surface area contributed by atoms with Gasteiger partial charge in [0, 0.05) is 0 Å². The van der Waals surface area contributed by atoms with Crippen LogP contribution in [0.15, 0.2) is 30.3 Å². The summed E-state index contributed by atoms with van der Waals surface area (Å²) in [6.45, 7) is 11.0. The maximum atomic E-state index is 11.6. The normalized spacial score (nSPS) is 11.9. The Morgan fingerprint density at radius 1 is 1.05 bits per heavy atom. The van der Waals surface area contributed by atoms with Gasteiger partial charge in [-0.25, -0.2) is 0 Å². The zero-order chi connectivity index (χ0) is 16.6. The van der Waals surface area contributed by atoms with Crippen LogP contribution < -0.4 is 0 Å². The van der Waals surface area contributed by atoms with Crippen molar-refractivity contribution in [3.8, 4) is 0 Å². The summed E-state index contributed by atoms with van der Waals surface area (Å²) in [5.41, 5.74) is 1.40. The molecule has 2 nitrogen and oxygen atoms in total. The summed E-state index contributed by atoms with van der Waals surface area (Å²) < 4.78 is 5.31. The van der Waals surface area contributed by atoms with Crippen molar-refractivity contribution in [3.63, 3.8) is 0 Å². The average Bonchev–Trinajstić information content (AvgIpc) is 2.46. The third kappa shape index (κ3) is 7.05. The molecule has 120 valence electrons. The Morgan fingerprint density at radius 2 is 1.68 bits per heavy atom. The molecule has 0 aliphatic carbocycles. The van der Waals surface area contributed by atoms with Crippen LogP contribution in [0.5, 0.6) is 0 Å². The van der Waals surface area contributed by atoms with Crippen LogP contribution in [0.2, 0.25) is 10.0 Å². The Kier molecular flexibility index (Phi) is 7.76. The second-order valence-electron chi connectivity index (χ2n) is 7.80. The zero-order valence-electron chi connectivity index (χ0n) is 14.9. The van der Waals surface area contributed by atoms with Crippen LogP contribution >= 0.6 is 0 Å². The van der Waals surface area contributed by atoms with E-state index in [0.29, 0.717) is 12.0 Å². The van der Waals surface area contributed by atoms with Gasteiger partial charge in [0.25, 0.3) is 0 Å². The Bertz CT molecular complexity index is 446. The molecule has 1 rings (SSSR count). The molecule has 1 aromatic rings. The molecule has 0 atom stereocenters. The molecular weight excluding hydrogens is 326 g/mol. The van der Waals surface area contributed by atoms with Crippen LogP contribution in [0.4, 0.5) is 0 Å². The number of ether oxygens (including phenoxy) is 1. The summed E-state index contributed by atoms with van der Waals surface area (Å²) in [4.78, 5) is 11.6. The van der Waals surface area contributed by atoms with Crippen LogP contribution in [-0.4, -0.2) is 12.6 Å². The summed E-state index contributed by atoms with van der Waals surface area (Å²) in [5.74, 6) is -0.0840. The minimum atomic E-state index is -0.496. The van der Waals surface area contributed by atoms with E-state index in [2.05, 4.69) is 44.2 Å². The van der Waals surface area contributed by atoms with Gasteiger partial charge in [0.05, 0.1) is 0 Å². The second-order valence-corrected chi connectivity index (χ2v) is 11.8. The molecule has 0 fully saturated rings. The van der Waals surface area contributed by atoms with E-state index in [1.54, 1.807) is 0 Å². The molecule has 1 aromatic carbocycles. The van der Waals surface area contributed by atoms with E-state index >= 15 is 0 Å². The fourth-order valence-electron chi connectivity index (χ4n) is 2.44. The van der Waals surface area contributed by atoms with Crippen LogP contribution in [0.3, 0.4) is 0 Å². The van der Waals surface area contributed by atoms with Gasteiger partial charge in [-0.1, -0.05) is 0 Å². The van der Waals surface area contributed by atoms with Gasteiger partial charge in [-0.15, -0.1) is 0 Å². The van der Waals surface area contributed by atoms with Crippen molar-refractivity contribution in [2.45, 2.75) is 62.9 Å². The first kappa shape index (κ1) is 19.4. The number of unbranched alkanes of at least 4 members (excludes halogenated alkanes) is 1. The predicted octanol–water partition coefficient (Wildman–Crippen LogP) is 5.25. The van der Waals surface area contributed by atoms with Gasteiger partial charge in [-0.2, -0.15) is 0 Å². The third-order valence-corrected chi connectivity index (χ3v) is 9.56. The standard InChI is InChI=1S/C10H13.C9H17O2.Zn/c1-10(2,3)9-7-5-4-6-8-9;1-5-6-7-11-8(10)9(2,3)4;/h4-8H,1H2,2-3H3;1,5-7H2,2-4H3;. The quantitative estimate of drug-likeness (QED) is 0.361. The Labute approximate surface area is 143 Å². The van der Waals surface area contributed by atoms with Crippen molar-refractivity contribution in [3.05, 3.63) is 35.9 Å². The molecule has 22 heavy (non-hydrogen) atoms. The Morgan fingerprint density at radius 3 is 2.27 bits per heavy atom. The molecule has 0 heterocycles. The topological polar surface area (TPSA) is 26.3 Å². The molecule has 0 N–H and O–H groups in total. The van der Waals surface area contributed by atoms with Gasteiger partial charge in [0.1, 0.15) is 0 Å². The van der Waals surface area contributed by atoms with Crippen molar-refractivity contribution < 1.29 is 26.7 Å². The molecule has 0 aliphatic heterocycles. The van der Waals surface area contributed by atoms with Gasteiger partial charge >= 0.3 is 143 Å². The molecule has 0 radical (unpaired) electrons. The average molecular weight is 356 g/mol. The number of carbonyl (C=O) groups is 1. The molecule has 0 amide bonds. The molecule has 0 aromatic heterocycles. The maximum absolute atomic E-state index is 11.6. The first-order valence-corrected chi connectivity index (χ1v) is 12.7. The third-order valence-electron chi connectivity index (χ3n) is 4.10. The Balaban J connectivity index is 2.15. The van der Waals surface area contributed by atoms with Gasteiger partial charge in [-0.3, -0.25) is 0 Å². The van der Waals surface area contributed by atoms with Gasteiger partial charge in [-0.05, 0) is 0 Å². The van der Waals surface area contributed by atoms with E-state index in [1.807, 2.05) is 20.8 Å². The summed E-state index contributed by atoms with van der Waals surface area (Å²) in [6.07, 6.45) is 2.22. The Hall–Kier alpha value is -0.687. The van der Waals surface area contributed by atoms with Crippen molar-refractivity contribution >= 4 is 5.97 Å². The van der Waals surface area contributed by atoms with Gasteiger partial charge in [0.15, 0.2) is 0 Å². The van der Waals surface area contributed by atoms with E-state index in [0.717, 1.165) is 6.42 Å². The van der Waals surface area contributed by atoms with Crippen molar-refractivity contribution in [1.29, 1.82) is 0 Å². The van der Waals surface area contributed by atoms with Crippen LogP contribution in [0.1, 0.15) is 53.0 Å². The molecular formula is C19H30O2Zn. The number of rotatable bonds is 8. The van der Waals surface area contributed by atoms with Crippen molar-refractivity contribution in [2.75, 3.05) is 6.61 Å². The molecule has 0 saturated carbocycles. The first-order valence-electron chi connectivity index (χ1n) is 8.46. The summed E-state index contributed by atoms with van der Waals surface area (Å²) in [6, 6.07) is 10.8. The first-order chi connectivity index (χ1) is 10.2. The SMILES string of the molecule is CC(C)(C)C(=O)OCCC[CH2][Zn][CH2]C(C)(C)c1ccccc1. The zero-order valence-corrected chi connectivity index (χ0v) is 17.9. The monoisotopic (exact) mass is 354 g/mol. The summed E-state index contributed by atoms with van der Waals surface area (Å²) >= 11 is -0.496. The number of hydrogen-bond donors (Lipinski definition) is 0. The van der Waals surface area contributed by atoms with E-state index in [4.69, 9.17) is 4.74 Å². The van der Waals surface area contributed by atoms with Gasteiger partial charge < -0.3 is 0 Å². The molecule has 0 spiro atoms. The molecule has 0 unspecified atom stereocenters. The number of carbonyl (C=O) groups excluding carboxylic acids is 1. The van der Waals surface area contributed by atoms with Crippen LogP contribution in [0.25, 0.3) is 0 Å². The van der Waals surface area contributed by atoms with E-state index < -0.39 is 17.1 Å². The number of hydrogen-bond acceptors (Lipinski definition) is 2. The molecule has 0 aliphatic rings. The minimum absolute atomic E-state index is 0.0840. The predicted molar refractivity (Wildman–Crippen MR) is 88.7 cm³/mol. The fraction of sp³-hybridized carbons (Fsp3) is 0.632. The molecule has 3 heteroatoms. The van der Waals surface area contributed by atoms with E-state index in [1.165, 1.54) is 22.0 Å². The summed E-state index contributed by atoms with van der Waals surface area (Å²) in [5, 5.41) is 2.77.